The van der Waals surface area contributed by atoms with E-state index in [-0.39, 0.29) is 5.91 Å². The molecular formula is C16H13ClN2O4S. The number of ether oxygens (including phenoxy) is 2. The van der Waals surface area contributed by atoms with Crippen molar-refractivity contribution in [1.29, 1.82) is 0 Å². The van der Waals surface area contributed by atoms with Gasteiger partial charge in [0.2, 0.25) is 6.10 Å². The zero-order valence-corrected chi connectivity index (χ0v) is 14.0. The molecule has 1 amide bonds. The summed E-state index contributed by atoms with van der Waals surface area (Å²) in [5.41, 5.74) is 1.29. The third kappa shape index (κ3) is 2.92. The van der Waals surface area contributed by atoms with Gasteiger partial charge in [-0.2, -0.15) is 0 Å². The fourth-order valence-corrected chi connectivity index (χ4v) is 3.55. The van der Waals surface area contributed by atoms with Crippen molar-refractivity contribution in [3.05, 3.63) is 39.5 Å². The summed E-state index contributed by atoms with van der Waals surface area (Å²) in [5, 5.41) is 6.83. The topological polar surface area (TPSA) is 69.2 Å². The van der Waals surface area contributed by atoms with Crippen LogP contribution in [0.5, 0.6) is 11.5 Å². The number of amides is 1. The molecule has 0 bridgehead atoms. The molecule has 0 aliphatic carbocycles. The lowest BCUT2D eigenvalue weighted by Gasteiger charge is -2.21. The van der Waals surface area contributed by atoms with Gasteiger partial charge >= 0.3 is 0 Å². The van der Waals surface area contributed by atoms with Crippen LogP contribution in [-0.4, -0.2) is 30.9 Å². The third-order valence-electron chi connectivity index (χ3n) is 3.64. The molecule has 1 aromatic carbocycles. The van der Waals surface area contributed by atoms with Crippen LogP contribution < -0.4 is 14.8 Å². The largest absolute Gasteiger partial charge is 0.486 e. The Morgan fingerprint density at radius 1 is 1.25 bits per heavy atom. The Labute approximate surface area is 147 Å². The van der Waals surface area contributed by atoms with E-state index in [0.717, 1.165) is 10.6 Å². The molecule has 4 rings (SSSR count). The van der Waals surface area contributed by atoms with Crippen molar-refractivity contribution in [2.24, 2.45) is 5.16 Å². The predicted molar refractivity (Wildman–Crippen MR) is 91.4 cm³/mol. The van der Waals surface area contributed by atoms with Gasteiger partial charge in [-0.15, -0.1) is 11.3 Å². The molecule has 8 heteroatoms. The van der Waals surface area contributed by atoms with E-state index in [1.54, 1.807) is 24.3 Å². The molecule has 2 aliphatic rings. The highest BCUT2D eigenvalue weighted by atomic mass is 35.5. The number of nitrogens with zero attached hydrogens (tertiary/aromatic N) is 1. The summed E-state index contributed by atoms with van der Waals surface area (Å²) in [6.45, 7) is 0.947. The van der Waals surface area contributed by atoms with Crippen LogP contribution >= 0.6 is 22.9 Å². The number of hydrogen-bond acceptors (Lipinski definition) is 6. The number of oxime groups is 1. The van der Waals surface area contributed by atoms with Crippen molar-refractivity contribution in [3.8, 4) is 11.5 Å². The quantitative estimate of drug-likeness (QED) is 0.907. The maximum Gasteiger partial charge on any atom is 0.268 e. The Hall–Kier alpha value is -2.25. The Kier molecular flexibility index (Phi) is 4.03. The molecule has 1 aromatic heterocycles. The van der Waals surface area contributed by atoms with E-state index in [1.165, 1.54) is 11.3 Å². The van der Waals surface area contributed by atoms with E-state index in [4.69, 9.17) is 25.9 Å². The molecule has 2 aromatic rings. The maximum atomic E-state index is 12.5. The molecule has 0 saturated carbocycles. The lowest BCUT2D eigenvalue weighted by atomic mass is 10.1. The van der Waals surface area contributed by atoms with Crippen molar-refractivity contribution in [2.45, 2.75) is 12.5 Å². The zero-order valence-electron chi connectivity index (χ0n) is 12.5. The van der Waals surface area contributed by atoms with Crippen molar-refractivity contribution < 1.29 is 19.1 Å². The highest BCUT2D eigenvalue weighted by molar-refractivity contribution is 7.18. The number of nitrogens with one attached hydrogen (secondary N) is 1. The molecule has 2 aliphatic heterocycles. The third-order valence-corrected chi connectivity index (χ3v) is 4.92. The average Bonchev–Trinajstić information content (AvgIpc) is 3.24. The maximum absolute atomic E-state index is 12.5. The first-order chi connectivity index (χ1) is 11.7. The van der Waals surface area contributed by atoms with Crippen LogP contribution in [0.1, 0.15) is 11.3 Å². The van der Waals surface area contributed by atoms with Crippen molar-refractivity contribution in [3.63, 3.8) is 0 Å². The van der Waals surface area contributed by atoms with E-state index in [9.17, 15) is 4.79 Å². The summed E-state index contributed by atoms with van der Waals surface area (Å²) in [7, 11) is 0. The van der Waals surface area contributed by atoms with Crippen molar-refractivity contribution in [1.82, 2.24) is 0 Å². The van der Waals surface area contributed by atoms with Crippen LogP contribution in [0.2, 0.25) is 4.34 Å². The second kappa shape index (κ2) is 6.33. The van der Waals surface area contributed by atoms with Crippen LogP contribution in [-0.2, 0) is 9.63 Å². The van der Waals surface area contributed by atoms with Gasteiger partial charge in [0.1, 0.15) is 18.9 Å². The summed E-state index contributed by atoms with van der Waals surface area (Å²) < 4.78 is 11.8. The van der Waals surface area contributed by atoms with Crippen LogP contribution in [0.4, 0.5) is 5.69 Å². The first-order valence-electron chi connectivity index (χ1n) is 7.38. The number of para-hydroxylation sites is 1. The number of carbonyl (C=O) groups excluding carboxylic acids is 1. The van der Waals surface area contributed by atoms with Crippen LogP contribution in [0.3, 0.4) is 0 Å². The first-order valence-corrected chi connectivity index (χ1v) is 8.58. The molecular weight excluding hydrogens is 352 g/mol. The summed E-state index contributed by atoms with van der Waals surface area (Å²) in [4.78, 5) is 18.6. The number of halogens is 1. The standard InChI is InChI=1S/C16H13ClN2O4S/c17-14-5-4-13(24-14)10-8-12(23-19-10)16(20)18-9-2-1-3-11-15(9)22-7-6-21-11/h1-5,12H,6-8H2,(H,18,20). The number of anilines is 1. The second-order valence-corrected chi connectivity index (χ2v) is 6.97. The van der Waals surface area contributed by atoms with Gasteiger partial charge < -0.3 is 19.6 Å². The highest BCUT2D eigenvalue weighted by Gasteiger charge is 2.30. The van der Waals surface area contributed by atoms with E-state index in [2.05, 4.69) is 10.5 Å². The molecule has 124 valence electrons. The number of fused-ring (bicyclic) bond motifs is 1. The van der Waals surface area contributed by atoms with Crippen LogP contribution in [0.25, 0.3) is 0 Å². The first kappa shape index (κ1) is 15.3. The molecule has 1 N–H and O–H groups in total. The normalized spacial score (nSPS) is 18.7. The minimum atomic E-state index is -0.679. The summed E-state index contributed by atoms with van der Waals surface area (Å²) in [5.74, 6) is 0.886. The van der Waals surface area contributed by atoms with E-state index >= 15 is 0 Å². The molecule has 0 fully saturated rings. The molecule has 0 radical (unpaired) electrons. The summed E-state index contributed by atoms with van der Waals surface area (Å²) in [6.07, 6.45) is -0.282. The van der Waals surface area contributed by atoms with Gasteiger partial charge in [0.25, 0.3) is 5.91 Å². The van der Waals surface area contributed by atoms with Gasteiger partial charge in [0.15, 0.2) is 11.5 Å². The molecule has 24 heavy (non-hydrogen) atoms. The lowest BCUT2D eigenvalue weighted by Crippen LogP contribution is -2.28. The van der Waals surface area contributed by atoms with Gasteiger partial charge in [-0.05, 0) is 24.3 Å². The molecule has 1 atom stereocenters. The number of hydrogen-bond donors (Lipinski definition) is 1. The predicted octanol–water partition coefficient (Wildman–Crippen LogP) is 3.30. The highest BCUT2D eigenvalue weighted by Crippen LogP contribution is 2.37. The van der Waals surface area contributed by atoms with Gasteiger partial charge in [-0.3, -0.25) is 4.79 Å². The zero-order chi connectivity index (χ0) is 16.5. The molecule has 1 unspecified atom stereocenters. The minimum absolute atomic E-state index is 0.279. The fourth-order valence-electron chi connectivity index (χ4n) is 2.52. The molecule has 3 heterocycles. The summed E-state index contributed by atoms with van der Waals surface area (Å²) in [6, 6.07) is 9.03. The molecule has 0 spiro atoms. The lowest BCUT2D eigenvalue weighted by molar-refractivity contribution is -0.125. The van der Waals surface area contributed by atoms with E-state index in [1.807, 2.05) is 6.07 Å². The Balaban J connectivity index is 1.45. The SMILES string of the molecule is O=C(Nc1cccc2c1OCCO2)C1CC(c2ccc(Cl)s2)=NO1. The fraction of sp³-hybridized carbons (Fsp3) is 0.250. The van der Waals surface area contributed by atoms with E-state index in [0.29, 0.717) is 41.2 Å². The van der Waals surface area contributed by atoms with Gasteiger partial charge in [0.05, 0.1) is 14.9 Å². The monoisotopic (exact) mass is 364 g/mol. The Bertz CT molecular complexity index is 820. The second-order valence-electron chi connectivity index (χ2n) is 5.26. The Morgan fingerprint density at radius 2 is 2.12 bits per heavy atom. The number of rotatable bonds is 3. The minimum Gasteiger partial charge on any atom is -0.486 e. The average molecular weight is 365 g/mol. The smallest absolute Gasteiger partial charge is 0.268 e. The van der Waals surface area contributed by atoms with Crippen molar-refractivity contribution >= 4 is 40.2 Å². The van der Waals surface area contributed by atoms with Crippen LogP contribution in [0, 0.1) is 0 Å². The Morgan fingerprint density at radius 3 is 2.96 bits per heavy atom. The number of thiophene rings is 1. The van der Waals surface area contributed by atoms with Crippen LogP contribution in [0.15, 0.2) is 35.5 Å². The molecule has 6 nitrogen and oxygen atoms in total. The number of carbonyl (C=O) groups is 1. The van der Waals surface area contributed by atoms with Gasteiger partial charge in [-0.1, -0.05) is 22.8 Å². The number of benzene rings is 1. The van der Waals surface area contributed by atoms with Crippen molar-refractivity contribution in [2.75, 3.05) is 18.5 Å². The summed E-state index contributed by atoms with van der Waals surface area (Å²) >= 11 is 7.34. The van der Waals surface area contributed by atoms with Gasteiger partial charge in [-0.25, -0.2) is 0 Å². The molecule has 0 saturated heterocycles. The van der Waals surface area contributed by atoms with E-state index < -0.39 is 6.10 Å². The van der Waals surface area contributed by atoms with Gasteiger partial charge in [0, 0.05) is 6.42 Å².